The van der Waals surface area contributed by atoms with Crippen molar-refractivity contribution in [2.45, 2.75) is 0 Å². The number of nitrogen functional groups attached to an aromatic ring is 1. The van der Waals surface area contributed by atoms with Gasteiger partial charge in [-0.3, -0.25) is 0 Å². The van der Waals surface area contributed by atoms with Crippen LogP contribution in [0.5, 0.6) is 5.75 Å². The van der Waals surface area contributed by atoms with Gasteiger partial charge < -0.3 is 15.4 Å². The first kappa shape index (κ1) is 11.7. The van der Waals surface area contributed by atoms with Gasteiger partial charge in [0.2, 0.25) is 0 Å². The number of nitrogens with two attached hydrogens (primary N) is 1. The highest BCUT2D eigenvalue weighted by atomic mass is 16.5. The summed E-state index contributed by atoms with van der Waals surface area (Å²) in [5.41, 5.74) is 6.62. The lowest BCUT2D eigenvalue weighted by molar-refractivity contribution is 0.263. The Hall–Kier alpha value is -1.81. The van der Waals surface area contributed by atoms with E-state index in [1.54, 1.807) is 6.07 Å². The molecule has 0 atom stereocenters. The maximum Gasteiger partial charge on any atom is 0.132 e. The van der Waals surface area contributed by atoms with E-state index in [4.69, 9.17) is 10.5 Å². The molecule has 4 heteroatoms. The summed E-state index contributed by atoms with van der Waals surface area (Å²) >= 11 is 0. The van der Waals surface area contributed by atoms with Crippen molar-refractivity contribution in [3.8, 4) is 5.75 Å². The molecule has 1 aromatic carbocycles. The number of ether oxygens (including phenoxy) is 1. The summed E-state index contributed by atoms with van der Waals surface area (Å²) in [7, 11) is 4.03. The number of hydrogen-bond donors (Lipinski definition) is 1. The van der Waals surface area contributed by atoms with Crippen LogP contribution in [0.3, 0.4) is 0 Å². The average Bonchev–Trinajstić information content (AvgIpc) is 2.28. The molecule has 0 fully saturated rings. The Balaban J connectivity index is 2.26. The molecular weight excluding hydrogens is 214 g/mol. The second kappa shape index (κ2) is 5.01. The summed E-state index contributed by atoms with van der Waals surface area (Å²) < 4.78 is 5.75. The van der Waals surface area contributed by atoms with E-state index in [0.717, 1.165) is 23.2 Å². The minimum atomic E-state index is 0.489. The quantitative estimate of drug-likeness (QED) is 0.871. The van der Waals surface area contributed by atoms with E-state index in [1.165, 1.54) is 0 Å². The maximum absolute atomic E-state index is 5.75. The molecule has 1 heterocycles. The van der Waals surface area contributed by atoms with Gasteiger partial charge in [0, 0.05) is 18.0 Å². The minimum Gasteiger partial charge on any atom is -0.491 e. The summed E-state index contributed by atoms with van der Waals surface area (Å²) in [5.74, 6) is 1.29. The number of benzene rings is 1. The highest BCUT2D eigenvalue weighted by molar-refractivity contribution is 5.86. The lowest BCUT2D eigenvalue weighted by Gasteiger charge is -2.12. The molecule has 0 aliphatic carbocycles. The third-order valence-electron chi connectivity index (χ3n) is 2.49. The zero-order valence-corrected chi connectivity index (χ0v) is 10.2. The van der Waals surface area contributed by atoms with Gasteiger partial charge in [-0.15, -0.1) is 0 Å². The van der Waals surface area contributed by atoms with Crippen molar-refractivity contribution in [2.75, 3.05) is 33.0 Å². The van der Waals surface area contributed by atoms with Crippen LogP contribution in [-0.4, -0.2) is 37.1 Å². The largest absolute Gasteiger partial charge is 0.491 e. The molecule has 0 bridgehead atoms. The first-order chi connectivity index (χ1) is 8.16. The van der Waals surface area contributed by atoms with Crippen LogP contribution < -0.4 is 10.5 Å². The first-order valence-corrected chi connectivity index (χ1v) is 5.59. The van der Waals surface area contributed by atoms with Gasteiger partial charge in [-0.2, -0.15) is 0 Å². The third-order valence-corrected chi connectivity index (χ3v) is 2.49. The normalized spacial score (nSPS) is 11.0. The van der Waals surface area contributed by atoms with Gasteiger partial charge in [0.1, 0.15) is 18.2 Å². The lowest BCUT2D eigenvalue weighted by Crippen LogP contribution is -2.19. The summed E-state index contributed by atoms with van der Waals surface area (Å²) in [6, 6.07) is 9.62. The standard InChI is InChI=1S/C13H17N3O/c1-16(2)7-8-17-12-9-13(14)15-11-6-4-3-5-10(11)12/h3-6,9H,7-8H2,1-2H3,(H2,14,15). The number of likely N-dealkylation sites (N-methyl/N-ethyl adjacent to an activating group) is 1. The molecule has 0 radical (unpaired) electrons. The Morgan fingerprint density at radius 2 is 2.06 bits per heavy atom. The van der Waals surface area contributed by atoms with Crippen LogP contribution in [0.2, 0.25) is 0 Å². The van der Waals surface area contributed by atoms with E-state index >= 15 is 0 Å². The Bertz CT molecular complexity index is 511. The summed E-state index contributed by atoms with van der Waals surface area (Å²) in [5, 5.41) is 1.00. The number of fused-ring (bicyclic) bond motifs is 1. The number of para-hydroxylation sites is 1. The van der Waals surface area contributed by atoms with Crippen molar-refractivity contribution in [1.29, 1.82) is 0 Å². The van der Waals surface area contributed by atoms with Crippen LogP contribution in [0, 0.1) is 0 Å². The molecule has 2 aromatic rings. The molecule has 0 unspecified atom stereocenters. The third kappa shape index (κ3) is 2.85. The van der Waals surface area contributed by atoms with E-state index in [2.05, 4.69) is 9.88 Å². The molecule has 0 saturated heterocycles. The van der Waals surface area contributed by atoms with Crippen LogP contribution in [0.25, 0.3) is 10.9 Å². The van der Waals surface area contributed by atoms with Crippen LogP contribution in [0.1, 0.15) is 0 Å². The topological polar surface area (TPSA) is 51.4 Å². The molecule has 0 saturated carbocycles. The van der Waals surface area contributed by atoms with E-state index in [1.807, 2.05) is 38.4 Å². The highest BCUT2D eigenvalue weighted by Gasteiger charge is 2.04. The van der Waals surface area contributed by atoms with E-state index in [0.29, 0.717) is 12.4 Å². The van der Waals surface area contributed by atoms with Crippen molar-refractivity contribution in [3.05, 3.63) is 30.3 Å². The van der Waals surface area contributed by atoms with Gasteiger partial charge in [-0.1, -0.05) is 12.1 Å². The van der Waals surface area contributed by atoms with Crippen LogP contribution in [0.4, 0.5) is 5.82 Å². The monoisotopic (exact) mass is 231 g/mol. The Kier molecular flexibility index (Phi) is 3.44. The fourth-order valence-corrected chi connectivity index (χ4v) is 1.62. The van der Waals surface area contributed by atoms with Crippen molar-refractivity contribution in [2.24, 2.45) is 0 Å². The predicted molar refractivity (Wildman–Crippen MR) is 70.2 cm³/mol. The summed E-state index contributed by atoms with van der Waals surface area (Å²) in [6.45, 7) is 1.51. The second-order valence-electron chi connectivity index (χ2n) is 4.21. The molecule has 0 aliphatic heterocycles. The van der Waals surface area contributed by atoms with Crippen molar-refractivity contribution in [1.82, 2.24) is 9.88 Å². The van der Waals surface area contributed by atoms with Gasteiger partial charge in [0.15, 0.2) is 0 Å². The van der Waals surface area contributed by atoms with Crippen LogP contribution in [-0.2, 0) is 0 Å². The first-order valence-electron chi connectivity index (χ1n) is 5.59. The van der Waals surface area contributed by atoms with E-state index in [-0.39, 0.29) is 0 Å². The van der Waals surface area contributed by atoms with Gasteiger partial charge in [0.25, 0.3) is 0 Å². The molecule has 0 spiro atoms. The number of anilines is 1. The van der Waals surface area contributed by atoms with Crippen molar-refractivity contribution < 1.29 is 4.74 Å². The number of nitrogens with zero attached hydrogens (tertiary/aromatic N) is 2. The second-order valence-corrected chi connectivity index (χ2v) is 4.21. The van der Waals surface area contributed by atoms with Crippen LogP contribution in [0.15, 0.2) is 30.3 Å². The SMILES string of the molecule is CN(C)CCOc1cc(N)nc2ccccc12. The highest BCUT2D eigenvalue weighted by Crippen LogP contribution is 2.26. The Morgan fingerprint density at radius 1 is 1.29 bits per heavy atom. The Morgan fingerprint density at radius 3 is 2.82 bits per heavy atom. The maximum atomic E-state index is 5.75. The summed E-state index contributed by atoms with van der Waals surface area (Å²) in [6.07, 6.45) is 0. The van der Waals surface area contributed by atoms with Gasteiger partial charge in [-0.25, -0.2) is 4.98 Å². The minimum absolute atomic E-state index is 0.489. The molecular formula is C13H17N3O. The molecule has 1 aromatic heterocycles. The van der Waals surface area contributed by atoms with E-state index < -0.39 is 0 Å². The van der Waals surface area contributed by atoms with Crippen LogP contribution >= 0.6 is 0 Å². The van der Waals surface area contributed by atoms with Gasteiger partial charge in [0.05, 0.1) is 5.52 Å². The number of aromatic nitrogens is 1. The molecule has 4 nitrogen and oxygen atoms in total. The van der Waals surface area contributed by atoms with E-state index in [9.17, 15) is 0 Å². The molecule has 17 heavy (non-hydrogen) atoms. The average molecular weight is 231 g/mol. The molecule has 0 aliphatic rings. The molecule has 2 rings (SSSR count). The lowest BCUT2D eigenvalue weighted by atomic mass is 10.2. The zero-order chi connectivity index (χ0) is 12.3. The fourth-order valence-electron chi connectivity index (χ4n) is 1.62. The predicted octanol–water partition coefficient (Wildman–Crippen LogP) is 1.76. The van der Waals surface area contributed by atoms with Gasteiger partial charge >= 0.3 is 0 Å². The van der Waals surface area contributed by atoms with Crippen molar-refractivity contribution in [3.63, 3.8) is 0 Å². The molecule has 0 amide bonds. The fraction of sp³-hybridized carbons (Fsp3) is 0.308. The number of pyridine rings is 1. The summed E-state index contributed by atoms with van der Waals surface area (Å²) in [4.78, 5) is 6.34. The molecule has 90 valence electrons. The van der Waals surface area contributed by atoms with Gasteiger partial charge in [-0.05, 0) is 26.2 Å². The van der Waals surface area contributed by atoms with Crippen molar-refractivity contribution >= 4 is 16.7 Å². The Labute approximate surface area is 101 Å². The number of rotatable bonds is 4. The smallest absolute Gasteiger partial charge is 0.132 e. The number of hydrogen-bond acceptors (Lipinski definition) is 4. The zero-order valence-electron chi connectivity index (χ0n) is 10.2. The molecule has 2 N–H and O–H groups in total.